The molecule has 2 aromatic heterocycles. The normalized spacial score (nSPS) is 14.3. The highest BCUT2D eigenvalue weighted by Gasteiger charge is 2.09. The van der Waals surface area contributed by atoms with Crippen molar-refractivity contribution in [3.8, 4) is 0 Å². The molecule has 5 nitrogen and oxygen atoms in total. The summed E-state index contributed by atoms with van der Waals surface area (Å²) in [6.45, 7) is 8.15. The first-order chi connectivity index (χ1) is 11.5. The van der Waals surface area contributed by atoms with Crippen molar-refractivity contribution in [1.82, 2.24) is 9.97 Å². The zero-order valence-corrected chi connectivity index (χ0v) is 14.7. The number of pyridine rings is 2. The molecule has 0 bridgehead atoms. The van der Waals surface area contributed by atoms with E-state index in [1.165, 1.54) is 0 Å². The quantitative estimate of drug-likeness (QED) is 0.625. The second-order valence-corrected chi connectivity index (χ2v) is 6.18. The molecule has 2 unspecified atom stereocenters. The van der Waals surface area contributed by atoms with Gasteiger partial charge in [-0.1, -0.05) is 24.2 Å². The monoisotopic (exact) mass is 327 g/mol. The molecule has 0 fully saturated rings. The maximum absolute atomic E-state index is 9.60. The SMILES string of the molecule is C/C(=N/OCC(C)Cc1cccc(C(C)O)n1)c1cccc(C)n1. The Hall–Kier alpha value is -2.27. The number of aromatic nitrogens is 2. The Labute approximate surface area is 143 Å². The van der Waals surface area contributed by atoms with Gasteiger partial charge in [0.2, 0.25) is 0 Å². The predicted octanol–water partition coefficient (Wildman–Crippen LogP) is 3.46. The van der Waals surface area contributed by atoms with Crippen molar-refractivity contribution in [2.75, 3.05) is 6.61 Å². The Bertz CT molecular complexity index is 699. The largest absolute Gasteiger partial charge is 0.395 e. The van der Waals surface area contributed by atoms with Crippen molar-refractivity contribution in [2.45, 2.75) is 40.2 Å². The van der Waals surface area contributed by atoms with Crippen LogP contribution >= 0.6 is 0 Å². The van der Waals surface area contributed by atoms with Crippen molar-refractivity contribution in [3.05, 3.63) is 59.2 Å². The van der Waals surface area contributed by atoms with Crippen molar-refractivity contribution in [3.63, 3.8) is 0 Å². The summed E-state index contributed by atoms with van der Waals surface area (Å²) in [6, 6.07) is 11.5. The lowest BCUT2D eigenvalue weighted by molar-refractivity contribution is 0.112. The summed E-state index contributed by atoms with van der Waals surface area (Å²) >= 11 is 0. The highest BCUT2D eigenvalue weighted by atomic mass is 16.6. The smallest absolute Gasteiger partial charge is 0.120 e. The predicted molar refractivity (Wildman–Crippen MR) is 94.9 cm³/mol. The number of aliphatic hydroxyl groups excluding tert-OH is 1. The van der Waals surface area contributed by atoms with Gasteiger partial charge in [-0.05, 0) is 57.4 Å². The van der Waals surface area contributed by atoms with Crippen LogP contribution in [0.1, 0.15) is 49.7 Å². The van der Waals surface area contributed by atoms with E-state index in [2.05, 4.69) is 22.0 Å². The van der Waals surface area contributed by atoms with Crippen LogP contribution in [0.25, 0.3) is 0 Å². The third kappa shape index (κ3) is 5.42. The van der Waals surface area contributed by atoms with E-state index in [0.29, 0.717) is 12.3 Å². The average Bonchev–Trinajstić information content (AvgIpc) is 2.55. The minimum Gasteiger partial charge on any atom is -0.395 e. The molecule has 2 rings (SSSR count). The topological polar surface area (TPSA) is 67.6 Å². The Morgan fingerprint density at radius 2 is 1.92 bits per heavy atom. The van der Waals surface area contributed by atoms with Gasteiger partial charge in [0, 0.05) is 11.4 Å². The van der Waals surface area contributed by atoms with Crippen LogP contribution < -0.4 is 0 Å². The van der Waals surface area contributed by atoms with Gasteiger partial charge in [0.15, 0.2) is 0 Å². The number of hydrogen-bond acceptors (Lipinski definition) is 5. The van der Waals surface area contributed by atoms with Gasteiger partial charge in [-0.2, -0.15) is 0 Å². The van der Waals surface area contributed by atoms with Gasteiger partial charge >= 0.3 is 0 Å². The maximum Gasteiger partial charge on any atom is 0.120 e. The minimum absolute atomic E-state index is 0.267. The van der Waals surface area contributed by atoms with Crippen LogP contribution in [0.3, 0.4) is 0 Å². The number of aryl methyl sites for hydroxylation is 1. The van der Waals surface area contributed by atoms with E-state index in [1.54, 1.807) is 6.92 Å². The first-order valence-electron chi connectivity index (χ1n) is 8.20. The van der Waals surface area contributed by atoms with Gasteiger partial charge in [0.25, 0.3) is 0 Å². The van der Waals surface area contributed by atoms with Crippen molar-refractivity contribution in [1.29, 1.82) is 0 Å². The van der Waals surface area contributed by atoms with Gasteiger partial charge in [-0.25, -0.2) is 0 Å². The van der Waals surface area contributed by atoms with Gasteiger partial charge in [0.05, 0.1) is 17.5 Å². The fraction of sp³-hybridized carbons (Fsp3) is 0.421. The Morgan fingerprint density at radius 3 is 2.62 bits per heavy atom. The Morgan fingerprint density at radius 1 is 1.17 bits per heavy atom. The molecule has 2 aromatic rings. The summed E-state index contributed by atoms with van der Waals surface area (Å²) < 4.78 is 0. The van der Waals surface area contributed by atoms with Crippen LogP contribution in [0.4, 0.5) is 0 Å². The molecule has 2 heterocycles. The van der Waals surface area contributed by atoms with Crippen molar-refractivity contribution >= 4 is 5.71 Å². The van der Waals surface area contributed by atoms with E-state index in [1.807, 2.05) is 50.2 Å². The third-order valence-corrected chi connectivity index (χ3v) is 3.63. The van der Waals surface area contributed by atoms with Crippen molar-refractivity contribution in [2.24, 2.45) is 11.1 Å². The van der Waals surface area contributed by atoms with E-state index in [9.17, 15) is 5.11 Å². The first-order valence-corrected chi connectivity index (χ1v) is 8.20. The van der Waals surface area contributed by atoms with Crippen LogP contribution in [0.15, 0.2) is 41.6 Å². The molecule has 128 valence electrons. The molecule has 1 N–H and O–H groups in total. The second-order valence-electron chi connectivity index (χ2n) is 6.18. The number of hydrogen-bond donors (Lipinski definition) is 1. The zero-order valence-electron chi connectivity index (χ0n) is 14.7. The summed E-state index contributed by atoms with van der Waals surface area (Å²) in [6.07, 6.45) is 0.225. The highest BCUT2D eigenvalue weighted by molar-refractivity contribution is 5.96. The molecular formula is C19H25N3O2. The van der Waals surface area contributed by atoms with Crippen LogP contribution in [-0.4, -0.2) is 27.4 Å². The average molecular weight is 327 g/mol. The fourth-order valence-electron chi connectivity index (χ4n) is 2.31. The highest BCUT2D eigenvalue weighted by Crippen LogP contribution is 2.12. The van der Waals surface area contributed by atoms with Crippen LogP contribution in [0.2, 0.25) is 0 Å². The number of rotatable bonds is 7. The molecular weight excluding hydrogens is 302 g/mol. The van der Waals surface area contributed by atoms with Gasteiger partial charge in [0.1, 0.15) is 12.3 Å². The molecule has 5 heteroatoms. The molecule has 0 amide bonds. The third-order valence-electron chi connectivity index (χ3n) is 3.63. The summed E-state index contributed by atoms with van der Waals surface area (Å²) in [4.78, 5) is 14.4. The molecule has 0 aliphatic heterocycles. The van der Waals surface area contributed by atoms with E-state index in [4.69, 9.17) is 4.84 Å². The summed E-state index contributed by atoms with van der Waals surface area (Å²) in [5.41, 5.74) is 4.19. The van der Waals surface area contributed by atoms with E-state index in [-0.39, 0.29) is 5.92 Å². The molecule has 0 aliphatic rings. The van der Waals surface area contributed by atoms with Crippen LogP contribution in [-0.2, 0) is 11.3 Å². The summed E-state index contributed by atoms with van der Waals surface area (Å²) in [5, 5.41) is 13.8. The molecule has 0 saturated heterocycles. The molecule has 24 heavy (non-hydrogen) atoms. The lowest BCUT2D eigenvalue weighted by Gasteiger charge is -2.11. The summed E-state index contributed by atoms with van der Waals surface area (Å²) in [7, 11) is 0. The number of oxime groups is 1. The van der Waals surface area contributed by atoms with E-state index < -0.39 is 6.10 Å². The lowest BCUT2D eigenvalue weighted by atomic mass is 10.1. The minimum atomic E-state index is -0.550. The van der Waals surface area contributed by atoms with E-state index in [0.717, 1.165) is 29.2 Å². The standard InChI is InChI=1S/C19H25N3O2/c1-13(11-17-8-6-10-19(21-17)16(4)23)12-24-22-15(3)18-9-5-7-14(2)20-18/h5-10,13,16,23H,11-12H2,1-4H3/b22-15-. The molecule has 0 radical (unpaired) electrons. The number of aliphatic hydroxyl groups is 1. The second kappa shape index (κ2) is 8.55. The molecule has 2 atom stereocenters. The van der Waals surface area contributed by atoms with Crippen LogP contribution in [0.5, 0.6) is 0 Å². The lowest BCUT2D eigenvalue weighted by Crippen LogP contribution is -2.10. The number of nitrogens with zero attached hydrogens (tertiary/aromatic N) is 3. The fourth-order valence-corrected chi connectivity index (χ4v) is 2.31. The van der Waals surface area contributed by atoms with Crippen molar-refractivity contribution < 1.29 is 9.94 Å². The molecule has 0 spiro atoms. The molecule has 0 aromatic carbocycles. The van der Waals surface area contributed by atoms with E-state index >= 15 is 0 Å². The maximum atomic E-state index is 9.60. The van der Waals surface area contributed by atoms with Gasteiger partial charge < -0.3 is 9.94 Å². The Kier molecular flexibility index (Phi) is 6.44. The van der Waals surface area contributed by atoms with Gasteiger partial charge in [-0.3, -0.25) is 9.97 Å². The first kappa shape index (κ1) is 18.1. The zero-order chi connectivity index (χ0) is 17.5. The van der Waals surface area contributed by atoms with Crippen LogP contribution in [0, 0.1) is 12.8 Å². The molecule has 0 saturated carbocycles. The van der Waals surface area contributed by atoms with Gasteiger partial charge in [-0.15, -0.1) is 0 Å². The molecule has 0 aliphatic carbocycles. The summed E-state index contributed by atoms with van der Waals surface area (Å²) in [5.74, 6) is 0.267. The Balaban J connectivity index is 1.88.